The Kier molecular flexibility index (Phi) is 5.41. The van der Waals surface area contributed by atoms with E-state index in [9.17, 15) is 0 Å². The maximum absolute atomic E-state index is 5.76. The molecule has 5 heteroatoms. The van der Waals surface area contributed by atoms with Crippen LogP contribution in [-0.4, -0.2) is 36.9 Å². The van der Waals surface area contributed by atoms with Gasteiger partial charge in [-0.15, -0.1) is 0 Å². The van der Waals surface area contributed by atoms with E-state index >= 15 is 0 Å². The fourth-order valence-electron chi connectivity index (χ4n) is 1.98. The molecule has 0 aromatic carbocycles. The molecule has 0 aliphatic carbocycles. The predicted octanol–water partition coefficient (Wildman–Crippen LogP) is 2.38. The van der Waals surface area contributed by atoms with Crippen molar-refractivity contribution in [3.63, 3.8) is 0 Å². The zero-order valence-electron chi connectivity index (χ0n) is 10.6. The summed E-state index contributed by atoms with van der Waals surface area (Å²) in [7, 11) is 0. The lowest BCUT2D eigenvalue weighted by atomic mass is 10.2. The van der Waals surface area contributed by atoms with Crippen LogP contribution in [0.15, 0.2) is 22.9 Å². The van der Waals surface area contributed by atoms with Crippen molar-refractivity contribution in [2.24, 2.45) is 0 Å². The molecule has 1 aliphatic heterocycles. The van der Waals surface area contributed by atoms with Crippen molar-refractivity contribution in [3.05, 3.63) is 22.9 Å². The van der Waals surface area contributed by atoms with Crippen LogP contribution in [0.4, 0.5) is 0 Å². The van der Waals surface area contributed by atoms with Crippen molar-refractivity contribution >= 4 is 15.9 Å². The second-order valence-electron chi connectivity index (χ2n) is 4.56. The maximum Gasteiger partial charge on any atom is 0.139 e. The van der Waals surface area contributed by atoms with Crippen molar-refractivity contribution in [1.29, 1.82) is 0 Å². The average Bonchev–Trinajstić information content (AvgIpc) is 2.82. The Hall–Kier alpha value is -0.650. The molecule has 1 aromatic heterocycles. The molecular formula is C13H19BrN2O2. The second-order valence-corrected chi connectivity index (χ2v) is 5.48. The Labute approximate surface area is 116 Å². The van der Waals surface area contributed by atoms with E-state index in [4.69, 9.17) is 9.47 Å². The third kappa shape index (κ3) is 4.55. The molecule has 4 nitrogen and oxygen atoms in total. The first-order valence-corrected chi connectivity index (χ1v) is 7.13. The molecule has 0 saturated carbocycles. The van der Waals surface area contributed by atoms with E-state index in [2.05, 4.69) is 26.2 Å². The van der Waals surface area contributed by atoms with Gasteiger partial charge in [-0.3, -0.25) is 4.98 Å². The number of hydrogen-bond donors (Lipinski definition) is 1. The SMILES string of the molecule is CC(CNCC1CCCO1)Oc1cncc(Br)c1. The van der Waals surface area contributed by atoms with Crippen LogP contribution in [0.3, 0.4) is 0 Å². The summed E-state index contributed by atoms with van der Waals surface area (Å²) in [5, 5.41) is 3.38. The van der Waals surface area contributed by atoms with Gasteiger partial charge >= 0.3 is 0 Å². The minimum absolute atomic E-state index is 0.113. The summed E-state index contributed by atoms with van der Waals surface area (Å²) in [4.78, 5) is 4.07. The highest BCUT2D eigenvalue weighted by Gasteiger charge is 2.15. The third-order valence-corrected chi connectivity index (χ3v) is 3.28. The van der Waals surface area contributed by atoms with Gasteiger partial charge in [-0.25, -0.2) is 0 Å². The highest BCUT2D eigenvalue weighted by Crippen LogP contribution is 2.17. The lowest BCUT2D eigenvalue weighted by molar-refractivity contribution is 0.106. The Bertz CT molecular complexity index is 370. The van der Waals surface area contributed by atoms with Gasteiger partial charge in [0, 0.05) is 30.4 Å². The lowest BCUT2D eigenvalue weighted by Gasteiger charge is -2.17. The third-order valence-electron chi connectivity index (χ3n) is 2.84. The molecule has 0 radical (unpaired) electrons. The van der Waals surface area contributed by atoms with E-state index in [1.807, 2.05) is 13.0 Å². The predicted molar refractivity (Wildman–Crippen MR) is 73.9 cm³/mol. The molecule has 1 aliphatic rings. The Morgan fingerprint density at radius 1 is 1.61 bits per heavy atom. The number of aromatic nitrogens is 1. The van der Waals surface area contributed by atoms with E-state index < -0.39 is 0 Å². The molecular weight excluding hydrogens is 296 g/mol. The summed E-state index contributed by atoms with van der Waals surface area (Å²) in [5.41, 5.74) is 0. The lowest BCUT2D eigenvalue weighted by Crippen LogP contribution is -2.34. The molecule has 18 heavy (non-hydrogen) atoms. The molecule has 2 atom stereocenters. The first-order valence-electron chi connectivity index (χ1n) is 6.33. The van der Waals surface area contributed by atoms with Gasteiger partial charge in [-0.05, 0) is 41.8 Å². The van der Waals surface area contributed by atoms with Gasteiger partial charge in [-0.1, -0.05) is 0 Å². The number of nitrogens with one attached hydrogen (secondary N) is 1. The van der Waals surface area contributed by atoms with Crippen molar-refractivity contribution in [2.45, 2.75) is 32.0 Å². The van der Waals surface area contributed by atoms with Crippen LogP contribution in [0.25, 0.3) is 0 Å². The summed E-state index contributed by atoms with van der Waals surface area (Å²) in [6.45, 7) is 4.67. The molecule has 1 N–H and O–H groups in total. The molecule has 2 unspecified atom stereocenters. The van der Waals surface area contributed by atoms with Crippen molar-refractivity contribution in [1.82, 2.24) is 10.3 Å². The summed E-state index contributed by atoms with van der Waals surface area (Å²) < 4.78 is 12.2. The Morgan fingerprint density at radius 2 is 2.50 bits per heavy atom. The van der Waals surface area contributed by atoms with Gasteiger partial charge in [-0.2, -0.15) is 0 Å². The van der Waals surface area contributed by atoms with E-state index in [-0.39, 0.29) is 6.10 Å². The van der Waals surface area contributed by atoms with E-state index in [0.29, 0.717) is 6.10 Å². The molecule has 0 bridgehead atoms. The fourth-order valence-corrected chi connectivity index (χ4v) is 2.33. The van der Waals surface area contributed by atoms with Gasteiger partial charge in [0.25, 0.3) is 0 Å². The Morgan fingerprint density at radius 3 is 3.22 bits per heavy atom. The summed E-state index contributed by atoms with van der Waals surface area (Å²) in [6.07, 6.45) is 6.31. The zero-order valence-corrected chi connectivity index (χ0v) is 12.1. The summed E-state index contributed by atoms with van der Waals surface area (Å²) >= 11 is 3.37. The molecule has 1 saturated heterocycles. The quantitative estimate of drug-likeness (QED) is 0.875. The fraction of sp³-hybridized carbons (Fsp3) is 0.615. The molecule has 1 aromatic rings. The standard InChI is InChI=1S/C13H19BrN2O2/c1-10(6-15-8-12-3-2-4-17-12)18-13-5-11(14)7-16-9-13/h5,7,9-10,12,15H,2-4,6,8H2,1H3. The van der Waals surface area contributed by atoms with E-state index in [0.717, 1.165) is 36.3 Å². The van der Waals surface area contributed by atoms with Gasteiger partial charge < -0.3 is 14.8 Å². The molecule has 2 rings (SSSR count). The van der Waals surface area contributed by atoms with Crippen LogP contribution in [0.2, 0.25) is 0 Å². The monoisotopic (exact) mass is 314 g/mol. The van der Waals surface area contributed by atoms with Gasteiger partial charge in [0.2, 0.25) is 0 Å². The Balaban J connectivity index is 1.66. The first-order chi connectivity index (χ1) is 8.74. The zero-order chi connectivity index (χ0) is 12.8. The number of halogens is 1. The van der Waals surface area contributed by atoms with Gasteiger partial charge in [0.1, 0.15) is 11.9 Å². The minimum atomic E-state index is 0.113. The number of hydrogen-bond acceptors (Lipinski definition) is 4. The summed E-state index contributed by atoms with van der Waals surface area (Å²) in [6, 6.07) is 1.92. The van der Waals surface area contributed by atoms with Crippen LogP contribution in [0.1, 0.15) is 19.8 Å². The number of nitrogens with zero attached hydrogens (tertiary/aromatic N) is 1. The minimum Gasteiger partial charge on any atom is -0.488 e. The van der Waals surface area contributed by atoms with Crippen molar-refractivity contribution in [2.75, 3.05) is 19.7 Å². The van der Waals surface area contributed by atoms with Crippen LogP contribution in [0.5, 0.6) is 5.75 Å². The molecule has 0 spiro atoms. The van der Waals surface area contributed by atoms with Crippen LogP contribution in [-0.2, 0) is 4.74 Å². The molecule has 1 fully saturated rings. The number of rotatable bonds is 6. The first kappa shape index (κ1) is 13.8. The van der Waals surface area contributed by atoms with Crippen molar-refractivity contribution in [3.8, 4) is 5.75 Å². The van der Waals surface area contributed by atoms with Gasteiger partial charge in [0.05, 0.1) is 12.3 Å². The maximum atomic E-state index is 5.76. The van der Waals surface area contributed by atoms with E-state index in [1.165, 1.54) is 6.42 Å². The largest absolute Gasteiger partial charge is 0.488 e. The highest BCUT2D eigenvalue weighted by atomic mass is 79.9. The molecule has 100 valence electrons. The molecule has 0 amide bonds. The highest BCUT2D eigenvalue weighted by molar-refractivity contribution is 9.10. The van der Waals surface area contributed by atoms with E-state index in [1.54, 1.807) is 12.4 Å². The van der Waals surface area contributed by atoms with Gasteiger partial charge in [0.15, 0.2) is 0 Å². The van der Waals surface area contributed by atoms with Crippen LogP contribution in [0, 0.1) is 0 Å². The normalized spacial score (nSPS) is 20.9. The smallest absolute Gasteiger partial charge is 0.139 e. The van der Waals surface area contributed by atoms with Crippen molar-refractivity contribution < 1.29 is 9.47 Å². The topological polar surface area (TPSA) is 43.4 Å². The van der Waals surface area contributed by atoms with Crippen LogP contribution >= 0.6 is 15.9 Å². The number of ether oxygens (including phenoxy) is 2. The summed E-state index contributed by atoms with van der Waals surface area (Å²) in [5.74, 6) is 0.788. The average molecular weight is 315 g/mol. The van der Waals surface area contributed by atoms with Crippen LogP contribution < -0.4 is 10.1 Å². The second kappa shape index (κ2) is 7.07. The number of pyridine rings is 1. The molecule has 2 heterocycles.